The molecule has 10 heteroatoms. The summed E-state index contributed by atoms with van der Waals surface area (Å²) in [6.07, 6.45) is 1.41. The van der Waals surface area contributed by atoms with Crippen molar-refractivity contribution < 1.29 is 17.9 Å². The number of pyridine rings is 1. The number of halogens is 1. The number of carbonyl (C=O) groups is 1. The average molecular weight is 509 g/mol. The molecule has 0 unspecified atom stereocenters. The minimum atomic E-state index is -3.71. The van der Waals surface area contributed by atoms with Crippen molar-refractivity contribution in [2.24, 2.45) is 5.10 Å². The van der Waals surface area contributed by atoms with Gasteiger partial charge in [0.25, 0.3) is 15.9 Å². The normalized spacial score (nSPS) is 11.5. The molecule has 0 bridgehead atoms. The van der Waals surface area contributed by atoms with Crippen LogP contribution in [0.15, 0.2) is 88.9 Å². The minimum absolute atomic E-state index is 0.180. The van der Waals surface area contributed by atoms with Crippen molar-refractivity contribution >= 4 is 50.3 Å². The molecule has 1 amide bonds. The third kappa shape index (κ3) is 5.26. The highest BCUT2D eigenvalue weighted by molar-refractivity contribution is 7.92. The quantitative estimate of drug-likeness (QED) is 0.225. The first-order valence-electron chi connectivity index (χ1n) is 10.4. The van der Waals surface area contributed by atoms with Crippen LogP contribution in [-0.2, 0) is 10.0 Å². The van der Waals surface area contributed by atoms with Gasteiger partial charge >= 0.3 is 0 Å². The predicted molar refractivity (Wildman–Crippen MR) is 137 cm³/mol. The zero-order chi connectivity index (χ0) is 25.0. The van der Waals surface area contributed by atoms with Crippen molar-refractivity contribution in [3.05, 3.63) is 95.1 Å². The number of methoxy groups -OCH3 is 1. The van der Waals surface area contributed by atoms with Gasteiger partial charge in [0.05, 0.1) is 29.4 Å². The Kier molecular flexibility index (Phi) is 6.99. The molecule has 178 valence electrons. The van der Waals surface area contributed by atoms with Gasteiger partial charge in [0.2, 0.25) is 0 Å². The van der Waals surface area contributed by atoms with E-state index in [-0.39, 0.29) is 10.0 Å². The number of fused-ring (bicyclic) bond motifs is 1. The van der Waals surface area contributed by atoms with Crippen LogP contribution < -0.4 is 14.5 Å². The third-order valence-corrected chi connectivity index (χ3v) is 7.37. The SMILES string of the molecule is COc1ccc2cc(/C=N/NC(=O)c3ccc(N(C)S(=O)(=O)c4ccccc4)cc3)c(Cl)nc2c1. The summed E-state index contributed by atoms with van der Waals surface area (Å²) in [5, 5.41) is 5.05. The number of nitrogens with one attached hydrogen (secondary N) is 1. The van der Waals surface area contributed by atoms with E-state index in [0.29, 0.717) is 28.1 Å². The van der Waals surface area contributed by atoms with Crippen LogP contribution in [0.1, 0.15) is 15.9 Å². The molecule has 0 saturated carbocycles. The molecule has 3 aromatic carbocycles. The minimum Gasteiger partial charge on any atom is -0.497 e. The van der Waals surface area contributed by atoms with Crippen LogP contribution in [0.5, 0.6) is 5.75 Å². The molecule has 0 aliphatic carbocycles. The maximum Gasteiger partial charge on any atom is 0.271 e. The van der Waals surface area contributed by atoms with Gasteiger partial charge < -0.3 is 4.74 Å². The number of aromatic nitrogens is 1. The van der Waals surface area contributed by atoms with E-state index in [1.54, 1.807) is 49.6 Å². The first-order valence-corrected chi connectivity index (χ1v) is 12.2. The van der Waals surface area contributed by atoms with E-state index in [2.05, 4.69) is 15.5 Å². The Morgan fingerprint density at radius 3 is 2.46 bits per heavy atom. The third-order valence-electron chi connectivity index (χ3n) is 5.27. The molecule has 0 aliphatic rings. The van der Waals surface area contributed by atoms with Gasteiger partial charge in [-0.2, -0.15) is 5.10 Å². The number of carbonyl (C=O) groups excluding carboxylic acids is 1. The van der Waals surface area contributed by atoms with Crippen LogP contribution in [0.4, 0.5) is 5.69 Å². The molecular weight excluding hydrogens is 488 g/mol. The number of hydrogen-bond acceptors (Lipinski definition) is 6. The second-order valence-corrected chi connectivity index (χ2v) is 9.79. The lowest BCUT2D eigenvalue weighted by atomic mass is 10.1. The lowest BCUT2D eigenvalue weighted by Gasteiger charge is -2.19. The molecule has 4 rings (SSSR count). The lowest BCUT2D eigenvalue weighted by Crippen LogP contribution is -2.26. The Bertz CT molecular complexity index is 1510. The highest BCUT2D eigenvalue weighted by atomic mass is 35.5. The summed E-state index contributed by atoms with van der Waals surface area (Å²) in [5.74, 6) is 0.209. The summed E-state index contributed by atoms with van der Waals surface area (Å²) in [4.78, 5) is 17.0. The van der Waals surface area contributed by atoms with E-state index in [1.807, 2.05) is 12.1 Å². The maximum atomic E-state index is 12.8. The zero-order valence-corrected chi connectivity index (χ0v) is 20.4. The molecule has 35 heavy (non-hydrogen) atoms. The summed E-state index contributed by atoms with van der Waals surface area (Å²) in [7, 11) is -0.678. The number of rotatable bonds is 7. The Labute approximate surface area is 207 Å². The van der Waals surface area contributed by atoms with Gasteiger partial charge in [-0.15, -0.1) is 0 Å². The number of hydrogen-bond donors (Lipinski definition) is 1. The van der Waals surface area contributed by atoms with E-state index in [4.69, 9.17) is 16.3 Å². The van der Waals surface area contributed by atoms with Gasteiger partial charge in [0.15, 0.2) is 0 Å². The Hall–Kier alpha value is -3.95. The summed E-state index contributed by atoms with van der Waals surface area (Å²) < 4.78 is 31.9. The number of nitrogens with zero attached hydrogens (tertiary/aromatic N) is 3. The van der Waals surface area contributed by atoms with Gasteiger partial charge in [-0.1, -0.05) is 29.8 Å². The fourth-order valence-electron chi connectivity index (χ4n) is 3.29. The molecule has 0 radical (unpaired) electrons. The average Bonchev–Trinajstić information content (AvgIpc) is 2.88. The van der Waals surface area contributed by atoms with Crippen molar-refractivity contribution in [3.63, 3.8) is 0 Å². The molecular formula is C25H21ClN4O4S. The first-order chi connectivity index (χ1) is 16.8. The monoisotopic (exact) mass is 508 g/mol. The summed E-state index contributed by atoms with van der Waals surface area (Å²) in [6, 6.07) is 21.5. The van der Waals surface area contributed by atoms with Crippen LogP contribution in [0.25, 0.3) is 10.9 Å². The highest BCUT2D eigenvalue weighted by Gasteiger charge is 2.21. The largest absolute Gasteiger partial charge is 0.497 e. The number of hydrazone groups is 1. The van der Waals surface area contributed by atoms with Gasteiger partial charge in [0, 0.05) is 29.6 Å². The number of sulfonamides is 1. The van der Waals surface area contributed by atoms with Crippen molar-refractivity contribution in [1.82, 2.24) is 10.4 Å². The molecule has 0 aliphatic heterocycles. The number of benzene rings is 3. The van der Waals surface area contributed by atoms with Crippen molar-refractivity contribution in [1.29, 1.82) is 0 Å². The molecule has 0 saturated heterocycles. The molecule has 0 fully saturated rings. The van der Waals surface area contributed by atoms with Gasteiger partial charge in [0.1, 0.15) is 10.9 Å². The van der Waals surface area contributed by atoms with E-state index >= 15 is 0 Å². The Balaban J connectivity index is 1.45. The summed E-state index contributed by atoms with van der Waals surface area (Å²) in [5.41, 5.74) is 4.38. The number of ether oxygens (including phenoxy) is 1. The molecule has 0 spiro atoms. The smallest absolute Gasteiger partial charge is 0.271 e. The Morgan fingerprint density at radius 1 is 1.06 bits per heavy atom. The van der Waals surface area contributed by atoms with Gasteiger partial charge in [-0.05, 0) is 54.6 Å². The van der Waals surface area contributed by atoms with E-state index in [9.17, 15) is 13.2 Å². The summed E-state index contributed by atoms with van der Waals surface area (Å²) in [6.45, 7) is 0. The molecule has 1 heterocycles. The number of anilines is 1. The second-order valence-electron chi connectivity index (χ2n) is 7.46. The second kappa shape index (κ2) is 10.1. The van der Waals surface area contributed by atoms with Crippen LogP contribution in [0.3, 0.4) is 0 Å². The van der Waals surface area contributed by atoms with E-state index < -0.39 is 15.9 Å². The molecule has 0 atom stereocenters. The van der Waals surface area contributed by atoms with Crippen LogP contribution in [-0.4, -0.2) is 39.7 Å². The zero-order valence-electron chi connectivity index (χ0n) is 18.8. The number of amides is 1. The highest BCUT2D eigenvalue weighted by Crippen LogP contribution is 2.24. The fraction of sp³-hybridized carbons (Fsp3) is 0.0800. The maximum absolute atomic E-state index is 12.8. The van der Waals surface area contributed by atoms with Crippen molar-refractivity contribution in [2.75, 3.05) is 18.5 Å². The molecule has 1 aromatic heterocycles. The fourth-order valence-corrected chi connectivity index (χ4v) is 4.71. The molecule has 8 nitrogen and oxygen atoms in total. The van der Waals surface area contributed by atoms with E-state index in [1.165, 1.54) is 37.5 Å². The van der Waals surface area contributed by atoms with Gasteiger partial charge in [-0.25, -0.2) is 18.8 Å². The van der Waals surface area contributed by atoms with E-state index in [0.717, 1.165) is 9.69 Å². The summed E-state index contributed by atoms with van der Waals surface area (Å²) >= 11 is 6.25. The van der Waals surface area contributed by atoms with Crippen LogP contribution in [0, 0.1) is 0 Å². The van der Waals surface area contributed by atoms with Crippen molar-refractivity contribution in [2.45, 2.75) is 4.90 Å². The molecule has 4 aromatic rings. The standard InChI is InChI=1S/C25H21ClN4O4S/c1-30(35(32,33)22-6-4-3-5-7-22)20-11-8-17(9-12-20)25(31)29-27-16-19-14-18-10-13-21(34-2)15-23(18)28-24(19)26/h3-16H,1-2H3,(H,29,31)/b27-16+. The molecule has 1 N–H and O–H groups in total. The van der Waals surface area contributed by atoms with Crippen molar-refractivity contribution in [3.8, 4) is 5.75 Å². The first kappa shape index (κ1) is 24.2. The van der Waals surface area contributed by atoms with Crippen LogP contribution in [0.2, 0.25) is 5.15 Å². The van der Waals surface area contributed by atoms with Gasteiger partial charge in [-0.3, -0.25) is 9.10 Å². The predicted octanol–water partition coefficient (Wildman–Crippen LogP) is 4.49. The van der Waals surface area contributed by atoms with Crippen LogP contribution >= 0.6 is 11.6 Å². The lowest BCUT2D eigenvalue weighted by molar-refractivity contribution is 0.0955. The Morgan fingerprint density at radius 2 is 1.77 bits per heavy atom. The topological polar surface area (TPSA) is 101 Å².